The van der Waals surface area contributed by atoms with Crippen LogP contribution in [-0.4, -0.2) is 5.91 Å². The van der Waals surface area contributed by atoms with Gasteiger partial charge in [0.25, 0.3) is 0 Å². The summed E-state index contributed by atoms with van der Waals surface area (Å²) in [6, 6.07) is 7.57. The topological polar surface area (TPSA) is 52.9 Å². The zero-order valence-electron chi connectivity index (χ0n) is 8.00. The van der Waals surface area contributed by atoms with Crippen molar-refractivity contribution in [2.45, 2.75) is 12.8 Å². The van der Waals surface area contributed by atoms with Crippen LogP contribution in [0, 0.1) is 23.2 Å². The van der Waals surface area contributed by atoms with Crippen LogP contribution in [0.2, 0.25) is 0 Å². The highest BCUT2D eigenvalue weighted by Gasteiger charge is 2.19. The first-order chi connectivity index (χ1) is 7.31. The summed E-state index contributed by atoms with van der Waals surface area (Å²) in [4.78, 5) is 11.2. The molecule has 0 radical (unpaired) electrons. The lowest BCUT2D eigenvalue weighted by atomic mass is 10.1. The molecule has 2 rings (SSSR count). The third-order valence-corrected chi connectivity index (χ3v) is 2.16. The lowest BCUT2D eigenvalue weighted by Gasteiger charge is -2.00. The maximum atomic E-state index is 11.2. The minimum Gasteiger partial charge on any atom is -0.324 e. The Morgan fingerprint density at radius 2 is 2.33 bits per heavy atom. The monoisotopic (exact) mass is 196 g/mol. The van der Waals surface area contributed by atoms with Gasteiger partial charge in [0.15, 0.2) is 0 Å². The Morgan fingerprint density at radius 3 is 3.13 bits per heavy atom. The Kier molecular flexibility index (Phi) is 2.39. The number of nitriles is 1. The van der Waals surface area contributed by atoms with Gasteiger partial charge >= 0.3 is 0 Å². The molecular weight excluding hydrogens is 188 g/mol. The number of nitrogens with zero attached hydrogens (tertiary/aromatic N) is 1. The summed E-state index contributed by atoms with van der Waals surface area (Å²) in [5.74, 6) is 5.61. The summed E-state index contributed by atoms with van der Waals surface area (Å²) in [7, 11) is 0. The molecule has 1 N–H and O–H groups in total. The normalized spacial score (nSPS) is 12.1. The molecule has 72 valence electrons. The van der Waals surface area contributed by atoms with E-state index >= 15 is 0 Å². The Balaban J connectivity index is 2.37. The predicted octanol–water partition coefficient (Wildman–Crippen LogP) is 1.45. The third kappa shape index (κ3) is 1.82. The van der Waals surface area contributed by atoms with Gasteiger partial charge < -0.3 is 5.32 Å². The standard InChI is InChI=1S/C12H8N2O/c13-7-2-1-4-9-5-3-6-10-8-11(15)14-12(9)10/h3,5-6H,2,8H2,(H,14,15). The number of carbonyl (C=O) groups is 1. The number of para-hydroxylation sites is 1. The van der Waals surface area contributed by atoms with Crippen molar-refractivity contribution in [3.05, 3.63) is 29.3 Å². The van der Waals surface area contributed by atoms with Gasteiger partial charge in [0.05, 0.1) is 24.6 Å². The largest absolute Gasteiger partial charge is 0.324 e. The van der Waals surface area contributed by atoms with Crippen LogP contribution in [0.5, 0.6) is 0 Å². The Hall–Kier alpha value is -2.26. The third-order valence-electron chi connectivity index (χ3n) is 2.16. The minimum atomic E-state index is -0.000432. The minimum absolute atomic E-state index is 0.000432. The van der Waals surface area contributed by atoms with Crippen LogP contribution in [0.15, 0.2) is 18.2 Å². The molecule has 1 heterocycles. The van der Waals surface area contributed by atoms with E-state index in [0.29, 0.717) is 6.42 Å². The molecule has 0 aromatic heterocycles. The fourth-order valence-electron chi connectivity index (χ4n) is 1.53. The molecule has 1 aliphatic rings. The number of carbonyl (C=O) groups excluding carboxylic acids is 1. The van der Waals surface area contributed by atoms with Gasteiger partial charge in [-0.2, -0.15) is 5.26 Å². The SMILES string of the molecule is N#CCC#Cc1cccc2c1NC(=O)C2. The number of fused-ring (bicyclic) bond motifs is 1. The number of benzene rings is 1. The first-order valence-electron chi connectivity index (χ1n) is 4.59. The zero-order valence-corrected chi connectivity index (χ0v) is 8.00. The molecule has 0 atom stereocenters. The van der Waals surface area contributed by atoms with Crippen molar-refractivity contribution in [3.8, 4) is 17.9 Å². The number of amides is 1. The van der Waals surface area contributed by atoms with Crippen molar-refractivity contribution in [1.82, 2.24) is 0 Å². The molecule has 0 bridgehead atoms. The number of anilines is 1. The fraction of sp³-hybridized carbons (Fsp3) is 0.167. The molecule has 0 aliphatic carbocycles. The molecular formula is C12H8N2O. The Labute approximate surface area is 87.7 Å². The lowest BCUT2D eigenvalue weighted by Crippen LogP contribution is -2.04. The van der Waals surface area contributed by atoms with E-state index in [2.05, 4.69) is 17.2 Å². The van der Waals surface area contributed by atoms with Gasteiger partial charge in [-0.1, -0.05) is 24.0 Å². The second-order valence-electron chi connectivity index (χ2n) is 3.20. The quantitative estimate of drug-likeness (QED) is 0.638. The van der Waals surface area contributed by atoms with Crippen LogP contribution < -0.4 is 5.32 Å². The maximum Gasteiger partial charge on any atom is 0.228 e. The van der Waals surface area contributed by atoms with Crippen molar-refractivity contribution in [2.75, 3.05) is 5.32 Å². The fourth-order valence-corrected chi connectivity index (χ4v) is 1.53. The van der Waals surface area contributed by atoms with Gasteiger partial charge in [-0.25, -0.2) is 0 Å². The molecule has 1 aromatic rings. The average Bonchev–Trinajstić information content (AvgIpc) is 2.59. The molecule has 15 heavy (non-hydrogen) atoms. The van der Waals surface area contributed by atoms with Crippen molar-refractivity contribution in [3.63, 3.8) is 0 Å². The van der Waals surface area contributed by atoms with Gasteiger partial charge in [-0.3, -0.25) is 4.79 Å². The number of nitrogens with one attached hydrogen (secondary N) is 1. The van der Waals surface area contributed by atoms with Crippen molar-refractivity contribution in [1.29, 1.82) is 5.26 Å². The van der Waals surface area contributed by atoms with Crippen LogP contribution in [0.3, 0.4) is 0 Å². The van der Waals surface area contributed by atoms with E-state index in [-0.39, 0.29) is 12.3 Å². The summed E-state index contributed by atoms with van der Waals surface area (Å²) in [6.45, 7) is 0. The molecule has 1 amide bonds. The average molecular weight is 196 g/mol. The molecule has 3 heteroatoms. The number of rotatable bonds is 0. The molecule has 0 spiro atoms. The smallest absolute Gasteiger partial charge is 0.228 e. The summed E-state index contributed by atoms with van der Waals surface area (Å²) in [5, 5.41) is 11.1. The Morgan fingerprint density at radius 1 is 1.47 bits per heavy atom. The van der Waals surface area contributed by atoms with E-state index in [1.54, 1.807) is 0 Å². The van der Waals surface area contributed by atoms with Gasteiger partial charge in [-0.15, -0.1) is 0 Å². The molecule has 0 saturated heterocycles. The molecule has 3 nitrogen and oxygen atoms in total. The summed E-state index contributed by atoms with van der Waals surface area (Å²) >= 11 is 0. The molecule has 0 fully saturated rings. The molecule has 0 unspecified atom stereocenters. The maximum absolute atomic E-state index is 11.2. The van der Waals surface area contributed by atoms with E-state index in [9.17, 15) is 4.79 Å². The summed E-state index contributed by atoms with van der Waals surface area (Å²) < 4.78 is 0. The highest BCUT2D eigenvalue weighted by molar-refractivity contribution is 6.00. The summed E-state index contributed by atoms with van der Waals surface area (Å²) in [5.41, 5.74) is 2.56. The second kappa shape index (κ2) is 3.86. The van der Waals surface area contributed by atoms with Crippen molar-refractivity contribution in [2.24, 2.45) is 0 Å². The van der Waals surface area contributed by atoms with E-state index in [0.717, 1.165) is 16.8 Å². The second-order valence-corrected chi connectivity index (χ2v) is 3.20. The molecule has 1 aromatic carbocycles. The van der Waals surface area contributed by atoms with Crippen molar-refractivity contribution < 1.29 is 4.79 Å². The van der Waals surface area contributed by atoms with E-state index in [1.165, 1.54) is 0 Å². The highest BCUT2D eigenvalue weighted by atomic mass is 16.1. The van der Waals surface area contributed by atoms with Crippen LogP contribution >= 0.6 is 0 Å². The van der Waals surface area contributed by atoms with E-state index in [4.69, 9.17) is 5.26 Å². The first kappa shape index (κ1) is 9.30. The van der Waals surface area contributed by atoms with Gasteiger partial charge in [-0.05, 0) is 11.6 Å². The van der Waals surface area contributed by atoms with Gasteiger partial charge in [0.1, 0.15) is 0 Å². The van der Waals surface area contributed by atoms with Crippen molar-refractivity contribution >= 4 is 11.6 Å². The molecule has 1 aliphatic heterocycles. The highest BCUT2D eigenvalue weighted by Crippen LogP contribution is 2.26. The lowest BCUT2D eigenvalue weighted by molar-refractivity contribution is -0.115. The van der Waals surface area contributed by atoms with Gasteiger partial charge in [0.2, 0.25) is 5.91 Å². The first-order valence-corrected chi connectivity index (χ1v) is 4.59. The van der Waals surface area contributed by atoms with Crippen LogP contribution in [0.25, 0.3) is 0 Å². The van der Waals surface area contributed by atoms with Gasteiger partial charge in [0, 0.05) is 5.56 Å². The van der Waals surface area contributed by atoms with Crippen LogP contribution in [-0.2, 0) is 11.2 Å². The Bertz CT molecular complexity index is 515. The predicted molar refractivity (Wildman–Crippen MR) is 55.9 cm³/mol. The molecule has 0 saturated carbocycles. The van der Waals surface area contributed by atoms with Crippen LogP contribution in [0.1, 0.15) is 17.5 Å². The zero-order chi connectivity index (χ0) is 10.7. The summed E-state index contributed by atoms with van der Waals surface area (Å²) in [6.07, 6.45) is 0.626. The van der Waals surface area contributed by atoms with Crippen LogP contribution in [0.4, 0.5) is 5.69 Å². The van der Waals surface area contributed by atoms with E-state index < -0.39 is 0 Å². The van der Waals surface area contributed by atoms with E-state index in [1.807, 2.05) is 24.3 Å². The number of hydrogen-bond donors (Lipinski definition) is 1. The number of hydrogen-bond acceptors (Lipinski definition) is 2.